The molecule has 0 unspecified atom stereocenters. The number of alkyl halides is 1. The fraction of sp³-hybridized carbons (Fsp3) is 0.900. The van der Waals surface area contributed by atoms with Gasteiger partial charge in [0.2, 0.25) is 0 Å². The average molecular weight is 249 g/mol. The quantitative estimate of drug-likeness (QED) is 0.600. The van der Waals surface area contributed by atoms with Crippen molar-refractivity contribution in [2.75, 3.05) is 5.33 Å². The van der Waals surface area contributed by atoms with Crippen molar-refractivity contribution in [3.05, 3.63) is 0 Å². The summed E-state index contributed by atoms with van der Waals surface area (Å²) >= 11 is 3.37. The smallest absolute Gasteiger partial charge is 0.309 e. The fourth-order valence-corrected chi connectivity index (χ4v) is 2.58. The van der Waals surface area contributed by atoms with E-state index < -0.39 is 5.97 Å². The van der Waals surface area contributed by atoms with E-state index in [1.165, 1.54) is 0 Å². The molecule has 0 atom stereocenters. The molecule has 0 spiro atoms. The maximum Gasteiger partial charge on any atom is 0.309 e. The third-order valence-electron chi connectivity index (χ3n) is 3.05. The molecule has 1 fully saturated rings. The van der Waals surface area contributed by atoms with Gasteiger partial charge in [0, 0.05) is 5.33 Å². The molecule has 3 heteroatoms. The van der Waals surface area contributed by atoms with E-state index >= 15 is 0 Å². The molecule has 0 bridgehead atoms. The number of aliphatic carboxylic acids is 1. The molecule has 13 heavy (non-hydrogen) atoms. The first-order chi connectivity index (χ1) is 6.21. The molecule has 0 aromatic rings. The Hall–Kier alpha value is -0.0500. The Labute approximate surface area is 87.8 Å². The topological polar surface area (TPSA) is 37.3 Å². The van der Waals surface area contributed by atoms with Crippen molar-refractivity contribution in [3.8, 4) is 0 Å². The second-order valence-electron chi connectivity index (χ2n) is 3.94. The minimum Gasteiger partial charge on any atom is -0.481 e. The van der Waals surface area contributed by atoms with Crippen LogP contribution in [-0.2, 0) is 4.79 Å². The van der Waals surface area contributed by atoms with E-state index in [0.29, 0.717) is 0 Å². The van der Waals surface area contributed by atoms with E-state index in [2.05, 4.69) is 15.9 Å². The van der Waals surface area contributed by atoms with Gasteiger partial charge in [0.05, 0.1) is 5.41 Å². The molecule has 0 aromatic heterocycles. The van der Waals surface area contributed by atoms with Crippen LogP contribution in [0.5, 0.6) is 0 Å². The van der Waals surface area contributed by atoms with Crippen LogP contribution in [0.15, 0.2) is 0 Å². The second kappa shape index (κ2) is 4.99. The predicted octanol–water partition coefficient (Wildman–Crippen LogP) is 3.20. The lowest BCUT2D eigenvalue weighted by atomic mass is 9.81. The molecular formula is C10H17BrO2. The minimum absolute atomic E-state index is 0.359. The van der Waals surface area contributed by atoms with Gasteiger partial charge in [-0.05, 0) is 25.7 Å². The van der Waals surface area contributed by atoms with Crippen molar-refractivity contribution in [2.45, 2.75) is 44.9 Å². The van der Waals surface area contributed by atoms with E-state index in [4.69, 9.17) is 5.11 Å². The second-order valence-corrected chi connectivity index (χ2v) is 4.73. The Bertz CT molecular complexity index is 174. The number of carboxylic acids is 1. The number of unbranched alkanes of at least 4 members (excludes halogenated alkanes) is 1. The first-order valence-electron chi connectivity index (χ1n) is 5.01. The summed E-state index contributed by atoms with van der Waals surface area (Å²) in [4.78, 5) is 11.1. The normalized spacial score (nSPS) is 20.4. The van der Waals surface area contributed by atoms with Gasteiger partial charge in [0.25, 0.3) is 0 Å². The van der Waals surface area contributed by atoms with E-state index in [9.17, 15) is 4.79 Å². The maximum atomic E-state index is 11.1. The van der Waals surface area contributed by atoms with Crippen molar-refractivity contribution in [3.63, 3.8) is 0 Å². The molecule has 0 radical (unpaired) electrons. The Kier molecular flexibility index (Phi) is 4.23. The Balaban J connectivity index is 2.43. The summed E-state index contributed by atoms with van der Waals surface area (Å²) in [5, 5.41) is 10.1. The van der Waals surface area contributed by atoms with Crippen LogP contribution in [0.3, 0.4) is 0 Å². The highest BCUT2D eigenvalue weighted by atomic mass is 79.9. The van der Waals surface area contributed by atoms with Crippen LogP contribution in [-0.4, -0.2) is 16.4 Å². The number of carboxylic acid groups (broad SMARTS) is 1. The summed E-state index contributed by atoms with van der Waals surface area (Å²) in [5.74, 6) is -0.570. The van der Waals surface area contributed by atoms with E-state index in [1.807, 2.05) is 0 Å². The van der Waals surface area contributed by atoms with Gasteiger partial charge >= 0.3 is 5.97 Å². The summed E-state index contributed by atoms with van der Waals surface area (Å²) < 4.78 is 0. The summed E-state index contributed by atoms with van der Waals surface area (Å²) in [6.45, 7) is 0. The number of carbonyl (C=O) groups is 1. The summed E-state index contributed by atoms with van der Waals surface area (Å²) in [6.07, 6.45) is 6.98. The molecule has 1 saturated carbocycles. The number of rotatable bonds is 5. The molecule has 1 aliphatic rings. The van der Waals surface area contributed by atoms with Crippen molar-refractivity contribution in [2.24, 2.45) is 5.41 Å². The van der Waals surface area contributed by atoms with Gasteiger partial charge in [-0.25, -0.2) is 0 Å². The van der Waals surface area contributed by atoms with Gasteiger partial charge in [-0.2, -0.15) is 0 Å². The Morgan fingerprint density at radius 2 is 1.92 bits per heavy atom. The third kappa shape index (κ3) is 2.70. The molecule has 0 amide bonds. The van der Waals surface area contributed by atoms with Gasteiger partial charge in [0.15, 0.2) is 0 Å². The van der Waals surface area contributed by atoms with E-state index in [0.717, 1.165) is 50.3 Å². The lowest BCUT2D eigenvalue weighted by molar-refractivity contribution is -0.149. The average Bonchev–Trinajstić information content (AvgIpc) is 2.55. The van der Waals surface area contributed by atoms with Crippen molar-refractivity contribution in [1.82, 2.24) is 0 Å². The van der Waals surface area contributed by atoms with E-state index in [-0.39, 0.29) is 5.41 Å². The van der Waals surface area contributed by atoms with Crippen LogP contribution < -0.4 is 0 Å². The first-order valence-corrected chi connectivity index (χ1v) is 6.13. The van der Waals surface area contributed by atoms with Gasteiger partial charge in [-0.1, -0.05) is 35.2 Å². The molecular weight excluding hydrogens is 232 g/mol. The zero-order chi connectivity index (χ0) is 9.73. The highest BCUT2D eigenvalue weighted by molar-refractivity contribution is 9.09. The van der Waals surface area contributed by atoms with Gasteiger partial charge in [-0.15, -0.1) is 0 Å². The molecule has 0 aromatic carbocycles. The molecule has 2 nitrogen and oxygen atoms in total. The zero-order valence-electron chi connectivity index (χ0n) is 7.89. The van der Waals surface area contributed by atoms with Crippen molar-refractivity contribution in [1.29, 1.82) is 0 Å². The van der Waals surface area contributed by atoms with Crippen molar-refractivity contribution >= 4 is 21.9 Å². The number of hydrogen-bond acceptors (Lipinski definition) is 1. The molecule has 1 rings (SSSR count). The fourth-order valence-electron chi connectivity index (χ4n) is 2.18. The van der Waals surface area contributed by atoms with Crippen LogP contribution in [0.1, 0.15) is 44.9 Å². The highest BCUT2D eigenvalue weighted by Crippen LogP contribution is 2.42. The SMILES string of the molecule is O=C(O)C1(CCCCBr)CCCC1. The van der Waals surface area contributed by atoms with Crippen LogP contribution in [0.25, 0.3) is 0 Å². The maximum absolute atomic E-state index is 11.1. The van der Waals surface area contributed by atoms with Crippen LogP contribution in [0.4, 0.5) is 0 Å². The lowest BCUT2D eigenvalue weighted by Gasteiger charge is -2.23. The standard InChI is InChI=1S/C10H17BrO2/c11-8-4-3-7-10(9(12)13)5-1-2-6-10/h1-8H2,(H,12,13). The molecule has 0 saturated heterocycles. The third-order valence-corrected chi connectivity index (χ3v) is 3.61. The first kappa shape index (κ1) is 11.0. The summed E-state index contributed by atoms with van der Waals surface area (Å²) in [7, 11) is 0. The largest absolute Gasteiger partial charge is 0.481 e. The monoisotopic (exact) mass is 248 g/mol. The molecule has 76 valence electrons. The van der Waals surface area contributed by atoms with Gasteiger partial charge < -0.3 is 5.11 Å². The van der Waals surface area contributed by atoms with Crippen LogP contribution >= 0.6 is 15.9 Å². The Morgan fingerprint density at radius 3 is 2.38 bits per heavy atom. The minimum atomic E-state index is -0.570. The number of halogens is 1. The Morgan fingerprint density at radius 1 is 1.31 bits per heavy atom. The predicted molar refractivity (Wildman–Crippen MR) is 56.2 cm³/mol. The van der Waals surface area contributed by atoms with Gasteiger partial charge in [-0.3, -0.25) is 4.79 Å². The summed E-state index contributed by atoms with van der Waals surface area (Å²) in [5.41, 5.74) is -0.359. The lowest BCUT2D eigenvalue weighted by Crippen LogP contribution is -2.27. The van der Waals surface area contributed by atoms with Crippen LogP contribution in [0.2, 0.25) is 0 Å². The van der Waals surface area contributed by atoms with E-state index in [1.54, 1.807) is 0 Å². The van der Waals surface area contributed by atoms with Crippen molar-refractivity contribution < 1.29 is 9.90 Å². The summed E-state index contributed by atoms with van der Waals surface area (Å²) in [6, 6.07) is 0. The number of hydrogen-bond donors (Lipinski definition) is 1. The molecule has 1 aliphatic carbocycles. The highest BCUT2D eigenvalue weighted by Gasteiger charge is 2.40. The van der Waals surface area contributed by atoms with Gasteiger partial charge in [0.1, 0.15) is 0 Å². The zero-order valence-corrected chi connectivity index (χ0v) is 9.48. The molecule has 0 heterocycles. The van der Waals surface area contributed by atoms with Crippen LogP contribution in [0, 0.1) is 5.41 Å². The molecule has 0 aliphatic heterocycles. The molecule has 1 N–H and O–H groups in total.